The number of carbonyl (C=O) groups is 1. The third-order valence-electron chi connectivity index (χ3n) is 5.11. The molecular formula is C25H17ClFIN2O5S2. The molecule has 0 saturated carbocycles. The molecule has 190 valence electrons. The first-order valence-electron chi connectivity index (χ1n) is 10.7. The number of rotatable bonds is 8. The van der Waals surface area contributed by atoms with Gasteiger partial charge in [-0.2, -0.15) is 0 Å². The first-order valence-corrected chi connectivity index (χ1v) is 13.4. The van der Waals surface area contributed by atoms with Crippen molar-refractivity contribution in [3.05, 3.63) is 95.2 Å². The minimum atomic E-state index is -0.583. The van der Waals surface area contributed by atoms with E-state index < -0.39 is 10.7 Å². The van der Waals surface area contributed by atoms with E-state index in [1.54, 1.807) is 24.3 Å². The number of carbonyl (C=O) groups excluding carboxylic acids is 1. The zero-order valence-electron chi connectivity index (χ0n) is 19.1. The molecule has 37 heavy (non-hydrogen) atoms. The number of anilines is 1. The Hall–Kier alpha value is -2.74. The highest BCUT2D eigenvalue weighted by Crippen LogP contribution is 2.40. The van der Waals surface area contributed by atoms with E-state index in [0.717, 1.165) is 20.9 Å². The first-order chi connectivity index (χ1) is 17.7. The van der Waals surface area contributed by atoms with Crippen LogP contribution in [0.4, 0.5) is 15.8 Å². The minimum absolute atomic E-state index is 0.00521. The summed E-state index contributed by atoms with van der Waals surface area (Å²) in [5.41, 5.74) is 1.85. The van der Waals surface area contributed by atoms with Crippen LogP contribution in [-0.2, 0) is 11.4 Å². The Kier molecular flexibility index (Phi) is 8.67. The van der Waals surface area contributed by atoms with Gasteiger partial charge in [-0.1, -0.05) is 35.6 Å². The van der Waals surface area contributed by atoms with Crippen molar-refractivity contribution in [3.63, 3.8) is 0 Å². The monoisotopic (exact) mass is 670 g/mol. The summed E-state index contributed by atoms with van der Waals surface area (Å²) in [5, 5.41) is 10.8. The maximum absolute atomic E-state index is 13.6. The highest BCUT2D eigenvalue weighted by Gasteiger charge is 2.33. The van der Waals surface area contributed by atoms with E-state index in [1.807, 2.05) is 13.0 Å². The average molecular weight is 671 g/mol. The average Bonchev–Trinajstić information content (AvgIpc) is 3.13. The summed E-state index contributed by atoms with van der Waals surface area (Å²) < 4.78 is 26.4. The molecule has 1 heterocycles. The number of hydrogen-bond donors (Lipinski definition) is 0. The second-order valence-corrected chi connectivity index (χ2v) is 10.8. The molecule has 0 atom stereocenters. The Balaban J connectivity index is 1.58. The van der Waals surface area contributed by atoms with Gasteiger partial charge >= 0.3 is 0 Å². The molecule has 0 bridgehead atoms. The maximum atomic E-state index is 13.6. The van der Waals surface area contributed by atoms with Crippen LogP contribution in [0.2, 0.25) is 5.02 Å². The number of nitro benzene ring substituents is 1. The number of non-ortho nitro benzene ring substituents is 1. The van der Waals surface area contributed by atoms with Crippen molar-refractivity contribution in [1.29, 1.82) is 0 Å². The SMILES string of the molecule is CCOc1cc(/C=C2/SC(=S)N(c3ccc(F)c(Cl)c3)C2=O)cc(I)c1OCc1ccc([N+](=O)[O-])cc1. The summed E-state index contributed by atoms with van der Waals surface area (Å²) in [6, 6.07) is 13.7. The molecule has 1 aliphatic heterocycles. The Morgan fingerprint density at radius 1 is 1.19 bits per heavy atom. The van der Waals surface area contributed by atoms with Gasteiger partial charge in [0.15, 0.2) is 15.8 Å². The van der Waals surface area contributed by atoms with Crippen LogP contribution in [0.3, 0.4) is 0 Å². The molecular weight excluding hydrogens is 654 g/mol. The van der Waals surface area contributed by atoms with Gasteiger partial charge in [-0.15, -0.1) is 0 Å². The Labute approximate surface area is 239 Å². The van der Waals surface area contributed by atoms with Crippen LogP contribution in [-0.4, -0.2) is 21.8 Å². The van der Waals surface area contributed by atoms with E-state index >= 15 is 0 Å². The third-order valence-corrected chi connectivity index (χ3v) is 7.51. The minimum Gasteiger partial charge on any atom is -0.490 e. The van der Waals surface area contributed by atoms with Crippen LogP contribution < -0.4 is 14.4 Å². The van der Waals surface area contributed by atoms with Gasteiger partial charge in [0.1, 0.15) is 12.4 Å². The quantitative estimate of drug-likeness (QED) is 0.0814. The van der Waals surface area contributed by atoms with Crippen LogP contribution in [0.25, 0.3) is 6.08 Å². The predicted octanol–water partition coefficient (Wildman–Crippen LogP) is 7.38. The molecule has 0 spiro atoms. The number of nitro groups is 1. The van der Waals surface area contributed by atoms with Crippen LogP contribution >= 0.6 is 58.2 Å². The molecule has 1 saturated heterocycles. The Morgan fingerprint density at radius 2 is 1.92 bits per heavy atom. The topological polar surface area (TPSA) is 81.9 Å². The number of benzene rings is 3. The normalized spacial score (nSPS) is 14.4. The number of thiocarbonyl (C=S) groups is 1. The Bertz CT molecular complexity index is 1440. The highest BCUT2D eigenvalue weighted by molar-refractivity contribution is 14.1. The van der Waals surface area contributed by atoms with Gasteiger partial charge in [-0.3, -0.25) is 19.8 Å². The number of ether oxygens (including phenoxy) is 2. The summed E-state index contributed by atoms with van der Waals surface area (Å²) in [4.78, 5) is 25.2. The van der Waals surface area contributed by atoms with Crippen molar-refractivity contribution in [2.45, 2.75) is 13.5 Å². The molecule has 1 fully saturated rings. The maximum Gasteiger partial charge on any atom is 0.270 e. The van der Waals surface area contributed by atoms with Gasteiger partial charge < -0.3 is 9.47 Å². The lowest BCUT2D eigenvalue weighted by molar-refractivity contribution is -0.384. The highest BCUT2D eigenvalue weighted by atomic mass is 127. The van der Waals surface area contributed by atoms with Crippen LogP contribution in [0.15, 0.2) is 59.5 Å². The lowest BCUT2D eigenvalue weighted by Crippen LogP contribution is -2.27. The van der Waals surface area contributed by atoms with Gasteiger partial charge in [0.25, 0.3) is 11.6 Å². The van der Waals surface area contributed by atoms with Crippen molar-refractivity contribution >= 4 is 85.9 Å². The van der Waals surface area contributed by atoms with Gasteiger partial charge in [0, 0.05) is 12.1 Å². The molecule has 0 N–H and O–H groups in total. The number of thioether (sulfide) groups is 1. The zero-order valence-corrected chi connectivity index (χ0v) is 23.6. The second kappa shape index (κ2) is 11.8. The van der Waals surface area contributed by atoms with Crippen molar-refractivity contribution < 1.29 is 23.6 Å². The van der Waals surface area contributed by atoms with Crippen LogP contribution in [0, 0.1) is 19.5 Å². The Morgan fingerprint density at radius 3 is 2.57 bits per heavy atom. The molecule has 3 aromatic carbocycles. The first kappa shape index (κ1) is 27.3. The van der Waals surface area contributed by atoms with Crippen molar-refractivity contribution in [1.82, 2.24) is 0 Å². The second-order valence-electron chi connectivity index (χ2n) is 7.59. The number of halogens is 3. The number of hydrogen-bond acceptors (Lipinski definition) is 7. The lowest BCUT2D eigenvalue weighted by atomic mass is 10.1. The van der Waals surface area contributed by atoms with E-state index in [2.05, 4.69) is 22.6 Å². The predicted molar refractivity (Wildman–Crippen MR) is 155 cm³/mol. The molecule has 4 rings (SSSR count). The standard InChI is InChI=1S/C25H17ClFIN2O5S2/c1-2-34-21-10-15(9-20(28)23(21)35-13-14-3-5-16(6-4-14)30(32)33)11-22-24(31)29(25(36)37-22)17-7-8-19(27)18(26)12-17/h3-12H,2,13H2,1H3/b22-11+. The van der Waals surface area contributed by atoms with E-state index in [0.29, 0.717) is 38.6 Å². The fourth-order valence-corrected chi connectivity index (χ4v) is 5.66. The van der Waals surface area contributed by atoms with E-state index in [1.165, 1.54) is 35.2 Å². The fourth-order valence-electron chi connectivity index (χ4n) is 3.41. The molecule has 0 radical (unpaired) electrons. The molecule has 3 aromatic rings. The van der Waals surface area contributed by atoms with Gasteiger partial charge in [-0.05, 0) is 89.2 Å². The summed E-state index contributed by atoms with van der Waals surface area (Å²) in [7, 11) is 0. The molecule has 12 heteroatoms. The van der Waals surface area contributed by atoms with E-state index in [4.69, 9.17) is 33.3 Å². The van der Waals surface area contributed by atoms with E-state index in [9.17, 15) is 19.3 Å². The number of amides is 1. The lowest BCUT2D eigenvalue weighted by Gasteiger charge is -2.15. The molecule has 1 aliphatic rings. The molecule has 0 aromatic heterocycles. The molecule has 7 nitrogen and oxygen atoms in total. The van der Waals surface area contributed by atoms with Crippen LogP contribution in [0.1, 0.15) is 18.1 Å². The van der Waals surface area contributed by atoms with Crippen molar-refractivity contribution in [3.8, 4) is 11.5 Å². The van der Waals surface area contributed by atoms with Crippen molar-refractivity contribution in [2.24, 2.45) is 0 Å². The van der Waals surface area contributed by atoms with Crippen LogP contribution in [0.5, 0.6) is 11.5 Å². The number of nitrogens with zero attached hydrogens (tertiary/aromatic N) is 2. The van der Waals surface area contributed by atoms with E-state index in [-0.39, 0.29) is 23.2 Å². The van der Waals surface area contributed by atoms with Gasteiger partial charge in [0.2, 0.25) is 0 Å². The summed E-state index contributed by atoms with van der Waals surface area (Å²) in [6.45, 7) is 2.42. The third kappa shape index (κ3) is 6.22. The zero-order chi connectivity index (χ0) is 26.7. The van der Waals surface area contributed by atoms with Gasteiger partial charge in [0.05, 0.1) is 30.7 Å². The van der Waals surface area contributed by atoms with Crippen molar-refractivity contribution in [2.75, 3.05) is 11.5 Å². The van der Waals surface area contributed by atoms with Gasteiger partial charge in [-0.25, -0.2) is 4.39 Å². The fraction of sp³-hybridized carbons (Fsp3) is 0.120. The largest absolute Gasteiger partial charge is 0.490 e. The smallest absolute Gasteiger partial charge is 0.270 e. The molecule has 1 amide bonds. The summed E-state index contributed by atoms with van der Waals surface area (Å²) in [5.74, 6) is 0.0827. The molecule has 0 unspecified atom stereocenters. The molecule has 0 aliphatic carbocycles. The summed E-state index contributed by atoms with van der Waals surface area (Å²) in [6.07, 6.45) is 1.70. The summed E-state index contributed by atoms with van der Waals surface area (Å²) >= 11 is 14.5.